The topological polar surface area (TPSA) is 38.7 Å². The highest BCUT2D eigenvalue weighted by Crippen LogP contribution is 2.20. The number of hydrogen-bond donors (Lipinski definition) is 1. The fraction of sp³-hybridized carbons (Fsp3) is 1.00. The summed E-state index contributed by atoms with van der Waals surface area (Å²) in [5, 5.41) is 9.67. The fourth-order valence-electron chi connectivity index (χ4n) is 1.43. The van der Waals surface area contributed by atoms with Crippen LogP contribution in [0.4, 0.5) is 0 Å². The third-order valence-corrected chi connectivity index (χ3v) is 5.42. The second kappa shape index (κ2) is 7.01. The zero-order chi connectivity index (χ0) is 12.0. The molecule has 0 saturated carbocycles. The summed E-state index contributed by atoms with van der Waals surface area (Å²) in [6, 6.07) is 1.17. The summed E-state index contributed by atoms with van der Waals surface area (Å²) in [6.45, 7) is 8.11. The summed E-state index contributed by atoms with van der Waals surface area (Å²) in [7, 11) is -0.994. The van der Waals surface area contributed by atoms with Crippen LogP contribution in [-0.4, -0.2) is 50.3 Å². The van der Waals surface area contributed by atoms with Gasteiger partial charge in [0.1, 0.15) is 6.79 Å². The molecule has 0 amide bonds. The standard InChI is InChI=1S/C11H24O3SSi/c1-16(2,3)7-5-13-9-14-11-8-15-6-4-10(11)12/h10-12H,4-9H2,1-3H3/t10-,11+/m0/s1. The lowest BCUT2D eigenvalue weighted by atomic mass is 10.2. The van der Waals surface area contributed by atoms with Crippen molar-refractivity contribution in [2.75, 3.05) is 24.9 Å². The minimum atomic E-state index is -0.994. The lowest BCUT2D eigenvalue weighted by Gasteiger charge is -2.27. The van der Waals surface area contributed by atoms with Crippen LogP contribution < -0.4 is 0 Å². The van der Waals surface area contributed by atoms with Crippen molar-refractivity contribution in [1.82, 2.24) is 0 Å². The molecule has 0 aromatic rings. The van der Waals surface area contributed by atoms with Gasteiger partial charge in [-0.25, -0.2) is 0 Å². The van der Waals surface area contributed by atoms with Crippen molar-refractivity contribution in [2.24, 2.45) is 0 Å². The fourth-order valence-corrected chi connectivity index (χ4v) is 3.31. The molecule has 1 rings (SSSR count). The van der Waals surface area contributed by atoms with Gasteiger partial charge in [0.25, 0.3) is 0 Å². The molecular formula is C11H24O3SSi. The van der Waals surface area contributed by atoms with E-state index in [1.54, 1.807) is 0 Å². The average molecular weight is 264 g/mol. The molecule has 1 heterocycles. The Morgan fingerprint density at radius 2 is 2.12 bits per heavy atom. The van der Waals surface area contributed by atoms with Gasteiger partial charge in [0.2, 0.25) is 0 Å². The molecule has 0 unspecified atom stereocenters. The maximum absolute atomic E-state index is 9.67. The largest absolute Gasteiger partial charge is 0.390 e. The molecule has 1 aliphatic rings. The van der Waals surface area contributed by atoms with Crippen molar-refractivity contribution >= 4 is 19.8 Å². The van der Waals surface area contributed by atoms with Crippen molar-refractivity contribution in [3.8, 4) is 0 Å². The van der Waals surface area contributed by atoms with Gasteiger partial charge in [0.15, 0.2) is 0 Å². The molecule has 3 nitrogen and oxygen atoms in total. The maximum Gasteiger partial charge on any atom is 0.147 e. The molecular weight excluding hydrogens is 240 g/mol. The Kier molecular flexibility index (Phi) is 6.36. The first kappa shape index (κ1) is 14.5. The molecule has 96 valence electrons. The lowest BCUT2D eigenvalue weighted by Crippen LogP contribution is -2.36. The normalized spacial score (nSPS) is 27.0. The summed E-state index contributed by atoms with van der Waals surface area (Å²) in [5.74, 6) is 1.93. The first-order chi connectivity index (χ1) is 7.49. The van der Waals surface area contributed by atoms with Crippen LogP contribution in [0.15, 0.2) is 0 Å². The Labute approximate surface area is 104 Å². The van der Waals surface area contributed by atoms with Crippen LogP contribution in [0.1, 0.15) is 6.42 Å². The highest BCUT2D eigenvalue weighted by Gasteiger charge is 2.23. The van der Waals surface area contributed by atoms with Gasteiger partial charge in [-0.05, 0) is 18.2 Å². The van der Waals surface area contributed by atoms with Crippen LogP contribution in [0.3, 0.4) is 0 Å². The Morgan fingerprint density at radius 3 is 2.75 bits per heavy atom. The van der Waals surface area contributed by atoms with E-state index in [1.165, 1.54) is 6.04 Å². The predicted octanol–water partition coefficient (Wildman–Crippen LogP) is 2.18. The van der Waals surface area contributed by atoms with Gasteiger partial charge in [-0.3, -0.25) is 0 Å². The maximum atomic E-state index is 9.67. The third kappa shape index (κ3) is 6.25. The van der Waals surface area contributed by atoms with E-state index >= 15 is 0 Å². The first-order valence-electron chi connectivity index (χ1n) is 5.94. The third-order valence-electron chi connectivity index (χ3n) is 2.63. The number of thioether (sulfide) groups is 1. The minimum absolute atomic E-state index is 0.0365. The van der Waals surface area contributed by atoms with Crippen molar-refractivity contribution in [3.05, 3.63) is 0 Å². The van der Waals surface area contributed by atoms with Crippen molar-refractivity contribution in [1.29, 1.82) is 0 Å². The van der Waals surface area contributed by atoms with Crippen LogP contribution in [0.25, 0.3) is 0 Å². The van der Waals surface area contributed by atoms with Gasteiger partial charge in [0.05, 0.1) is 12.2 Å². The molecule has 1 fully saturated rings. The minimum Gasteiger partial charge on any atom is -0.390 e. The Hall–Kier alpha value is 0.447. The van der Waals surface area contributed by atoms with E-state index in [9.17, 15) is 5.11 Å². The number of aliphatic hydroxyl groups is 1. The summed E-state index contributed by atoms with van der Waals surface area (Å²) in [4.78, 5) is 0. The molecule has 1 aliphatic heterocycles. The number of hydrogen-bond acceptors (Lipinski definition) is 4. The van der Waals surface area contributed by atoms with E-state index in [2.05, 4.69) is 19.6 Å². The molecule has 0 aliphatic carbocycles. The lowest BCUT2D eigenvalue weighted by molar-refractivity contribution is -0.114. The quantitative estimate of drug-likeness (QED) is 0.453. The monoisotopic (exact) mass is 264 g/mol. The SMILES string of the molecule is C[Si](C)(C)CCOCO[C@@H]1CSCC[C@@H]1O. The molecule has 1 N–H and O–H groups in total. The Balaban J connectivity index is 2.02. The first-order valence-corrected chi connectivity index (χ1v) is 10.8. The summed E-state index contributed by atoms with van der Waals surface area (Å²) < 4.78 is 11.0. The predicted molar refractivity (Wildman–Crippen MR) is 71.8 cm³/mol. The van der Waals surface area contributed by atoms with E-state index in [-0.39, 0.29) is 12.2 Å². The van der Waals surface area contributed by atoms with E-state index in [0.29, 0.717) is 6.79 Å². The van der Waals surface area contributed by atoms with Crippen LogP contribution in [0, 0.1) is 0 Å². The van der Waals surface area contributed by atoms with Crippen LogP contribution in [0.2, 0.25) is 25.7 Å². The molecule has 0 radical (unpaired) electrons. The van der Waals surface area contributed by atoms with E-state index in [0.717, 1.165) is 24.5 Å². The number of aliphatic hydroxyl groups excluding tert-OH is 1. The molecule has 0 aromatic heterocycles. The van der Waals surface area contributed by atoms with Gasteiger partial charge in [-0.1, -0.05) is 19.6 Å². The average Bonchev–Trinajstić information content (AvgIpc) is 2.18. The summed E-state index contributed by atoms with van der Waals surface area (Å²) in [6.07, 6.45) is 0.497. The highest BCUT2D eigenvalue weighted by molar-refractivity contribution is 7.99. The van der Waals surface area contributed by atoms with Gasteiger partial charge in [0, 0.05) is 20.4 Å². The molecule has 0 bridgehead atoms. The van der Waals surface area contributed by atoms with Gasteiger partial charge >= 0.3 is 0 Å². The van der Waals surface area contributed by atoms with Gasteiger partial charge in [-0.2, -0.15) is 11.8 Å². The van der Waals surface area contributed by atoms with Crippen LogP contribution in [0.5, 0.6) is 0 Å². The van der Waals surface area contributed by atoms with E-state index in [1.807, 2.05) is 11.8 Å². The molecule has 5 heteroatoms. The number of ether oxygens (including phenoxy) is 2. The Bertz CT molecular complexity index is 196. The summed E-state index contributed by atoms with van der Waals surface area (Å²) in [5.41, 5.74) is 0. The molecule has 0 aromatic carbocycles. The van der Waals surface area contributed by atoms with Crippen molar-refractivity contribution < 1.29 is 14.6 Å². The molecule has 0 spiro atoms. The van der Waals surface area contributed by atoms with Crippen LogP contribution in [-0.2, 0) is 9.47 Å². The number of rotatable bonds is 6. The van der Waals surface area contributed by atoms with Crippen molar-refractivity contribution in [3.63, 3.8) is 0 Å². The van der Waals surface area contributed by atoms with Crippen LogP contribution >= 0.6 is 11.8 Å². The second-order valence-electron chi connectivity index (χ2n) is 5.47. The zero-order valence-electron chi connectivity index (χ0n) is 10.6. The molecule has 2 atom stereocenters. The molecule has 16 heavy (non-hydrogen) atoms. The van der Waals surface area contributed by atoms with E-state index < -0.39 is 8.07 Å². The summed E-state index contributed by atoms with van der Waals surface area (Å²) >= 11 is 1.84. The smallest absolute Gasteiger partial charge is 0.147 e. The molecule has 1 saturated heterocycles. The van der Waals surface area contributed by atoms with Crippen molar-refractivity contribution in [2.45, 2.75) is 44.3 Å². The Morgan fingerprint density at radius 1 is 1.38 bits per heavy atom. The van der Waals surface area contributed by atoms with E-state index in [4.69, 9.17) is 9.47 Å². The zero-order valence-corrected chi connectivity index (χ0v) is 12.4. The highest BCUT2D eigenvalue weighted by atomic mass is 32.2. The van der Waals surface area contributed by atoms with Gasteiger partial charge in [-0.15, -0.1) is 0 Å². The second-order valence-corrected chi connectivity index (χ2v) is 12.2. The van der Waals surface area contributed by atoms with Gasteiger partial charge < -0.3 is 14.6 Å².